The van der Waals surface area contributed by atoms with E-state index in [9.17, 15) is 18.0 Å². The third-order valence-electron chi connectivity index (χ3n) is 4.87. The topological polar surface area (TPSA) is 76.6 Å². The van der Waals surface area contributed by atoms with Gasteiger partial charge in [0.25, 0.3) is 0 Å². The van der Waals surface area contributed by atoms with E-state index in [1.54, 1.807) is 11.0 Å². The number of hydrogen-bond donors (Lipinski definition) is 1. The summed E-state index contributed by atoms with van der Waals surface area (Å²) in [6.07, 6.45) is -4.72. The molecule has 0 spiro atoms. The zero-order chi connectivity index (χ0) is 22.1. The van der Waals surface area contributed by atoms with Crippen molar-refractivity contribution in [1.29, 1.82) is 0 Å². The smallest absolute Gasteiger partial charge is 0.436 e. The number of alkyl halides is 3. The summed E-state index contributed by atoms with van der Waals surface area (Å²) in [4.78, 5) is 16.3. The summed E-state index contributed by atoms with van der Waals surface area (Å²) >= 11 is 11.8. The number of nitrogens with zero attached hydrogens (tertiary/aromatic N) is 4. The number of amides is 1. The quantitative estimate of drug-likeness (QED) is 0.734. The van der Waals surface area contributed by atoms with Gasteiger partial charge in [0.15, 0.2) is 5.69 Å². The van der Waals surface area contributed by atoms with E-state index in [1.807, 2.05) is 12.1 Å². The van der Waals surface area contributed by atoms with Gasteiger partial charge < -0.3 is 20.3 Å². The molecule has 1 amide bonds. The van der Waals surface area contributed by atoms with Crippen LogP contribution in [0.5, 0.6) is 5.75 Å². The van der Waals surface area contributed by atoms with Gasteiger partial charge in [0.2, 0.25) is 5.91 Å². The molecule has 3 rings (SSSR count). The first-order valence-electron chi connectivity index (χ1n) is 9.04. The van der Waals surface area contributed by atoms with Crippen LogP contribution in [-0.2, 0) is 24.1 Å². The molecule has 1 aromatic carbocycles. The average Bonchev–Trinajstić information content (AvgIpc) is 3.03. The SMILES string of the molecule is COc1cc(N2CCN(C(=O)Cn3nc(C(F)(F)F)c(Cl)c3CN)CC2)ccc1Cl. The molecule has 7 nitrogen and oxygen atoms in total. The molecule has 0 saturated carbocycles. The number of carbonyl (C=O) groups excluding carboxylic acids is 1. The van der Waals surface area contributed by atoms with Crippen LogP contribution in [0.15, 0.2) is 18.2 Å². The highest BCUT2D eigenvalue weighted by atomic mass is 35.5. The van der Waals surface area contributed by atoms with E-state index in [2.05, 4.69) is 10.00 Å². The summed E-state index contributed by atoms with van der Waals surface area (Å²) in [5, 5.41) is 3.40. The number of carbonyl (C=O) groups is 1. The Bertz CT molecular complexity index is 927. The van der Waals surface area contributed by atoms with Crippen LogP contribution in [0.2, 0.25) is 10.0 Å². The van der Waals surface area contributed by atoms with Crippen molar-refractivity contribution in [2.45, 2.75) is 19.3 Å². The van der Waals surface area contributed by atoms with Crippen LogP contribution in [0.25, 0.3) is 0 Å². The van der Waals surface area contributed by atoms with Gasteiger partial charge in [-0.1, -0.05) is 23.2 Å². The fraction of sp³-hybridized carbons (Fsp3) is 0.444. The average molecular weight is 466 g/mol. The van der Waals surface area contributed by atoms with Crippen LogP contribution < -0.4 is 15.4 Å². The number of piperazine rings is 1. The molecule has 0 radical (unpaired) electrons. The first-order valence-corrected chi connectivity index (χ1v) is 9.80. The van der Waals surface area contributed by atoms with Crippen molar-refractivity contribution < 1.29 is 22.7 Å². The zero-order valence-electron chi connectivity index (χ0n) is 16.0. The van der Waals surface area contributed by atoms with Crippen molar-refractivity contribution in [2.24, 2.45) is 5.73 Å². The molecule has 2 heterocycles. The molecule has 0 atom stereocenters. The Balaban J connectivity index is 1.66. The standard InChI is InChI=1S/C18H20Cl2F3N5O2/c1-30-14-8-11(2-3-12(14)19)26-4-6-27(7-5-26)15(29)10-28-13(9-24)16(20)17(25-28)18(21,22)23/h2-3,8H,4-7,9-10,24H2,1H3. The second kappa shape index (κ2) is 8.91. The second-order valence-electron chi connectivity index (χ2n) is 6.66. The molecule has 1 aliphatic rings. The van der Waals surface area contributed by atoms with E-state index in [1.165, 1.54) is 7.11 Å². The second-order valence-corrected chi connectivity index (χ2v) is 7.44. The fourth-order valence-corrected chi connectivity index (χ4v) is 3.78. The number of ether oxygens (including phenoxy) is 1. The normalized spacial score (nSPS) is 14.9. The lowest BCUT2D eigenvalue weighted by atomic mass is 10.2. The first-order chi connectivity index (χ1) is 14.2. The Morgan fingerprint density at radius 2 is 1.90 bits per heavy atom. The highest BCUT2D eigenvalue weighted by molar-refractivity contribution is 6.32. The minimum absolute atomic E-state index is 0.0239. The van der Waals surface area contributed by atoms with Gasteiger partial charge in [-0.15, -0.1) is 0 Å². The first kappa shape index (κ1) is 22.5. The molecule has 0 bridgehead atoms. The Labute approximate surface area is 181 Å². The van der Waals surface area contributed by atoms with E-state index < -0.39 is 16.9 Å². The van der Waals surface area contributed by atoms with Gasteiger partial charge >= 0.3 is 6.18 Å². The van der Waals surface area contributed by atoms with E-state index in [0.717, 1.165) is 10.4 Å². The molecule has 2 aromatic rings. The van der Waals surface area contributed by atoms with Crippen LogP contribution in [0.1, 0.15) is 11.4 Å². The lowest BCUT2D eigenvalue weighted by molar-refractivity contribution is -0.142. The molecule has 0 aliphatic carbocycles. The summed E-state index contributed by atoms with van der Waals surface area (Å²) in [6, 6.07) is 5.42. The van der Waals surface area contributed by atoms with Crippen LogP contribution >= 0.6 is 23.2 Å². The number of aromatic nitrogens is 2. The molecule has 1 fully saturated rings. The number of benzene rings is 1. The number of nitrogens with two attached hydrogens (primary N) is 1. The van der Waals surface area contributed by atoms with E-state index >= 15 is 0 Å². The summed E-state index contributed by atoms with van der Waals surface area (Å²) in [7, 11) is 1.53. The zero-order valence-corrected chi connectivity index (χ0v) is 17.6. The van der Waals surface area contributed by atoms with Gasteiger partial charge in [0.1, 0.15) is 12.3 Å². The molecule has 1 aromatic heterocycles. The monoisotopic (exact) mass is 465 g/mol. The van der Waals surface area contributed by atoms with Crippen molar-refractivity contribution in [3.05, 3.63) is 39.6 Å². The van der Waals surface area contributed by atoms with Crippen molar-refractivity contribution in [3.63, 3.8) is 0 Å². The molecular weight excluding hydrogens is 446 g/mol. The van der Waals surface area contributed by atoms with Gasteiger partial charge in [-0.25, -0.2) is 0 Å². The van der Waals surface area contributed by atoms with Gasteiger partial charge in [0, 0.05) is 44.5 Å². The number of halogens is 5. The van der Waals surface area contributed by atoms with Crippen molar-refractivity contribution in [2.75, 3.05) is 38.2 Å². The minimum atomic E-state index is -4.72. The predicted molar refractivity (Wildman–Crippen MR) is 107 cm³/mol. The maximum Gasteiger partial charge on any atom is 0.436 e. The van der Waals surface area contributed by atoms with Crippen molar-refractivity contribution in [3.8, 4) is 5.75 Å². The molecule has 0 unspecified atom stereocenters. The number of anilines is 1. The van der Waals surface area contributed by atoms with E-state index in [4.69, 9.17) is 33.7 Å². The van der Waals surface area contributed by atoms with Crippen LogP contribution in [0.3, 0.4) is 0 Å². The summed E-state index contributed by atoms with van der Waals surface area (Å²) in [6.45, 7) is 1.28. The predicted octanol–water partition coefficient (Wildman–Crippen LogP) is 3.02. The number of hydrogen-bond acceptors (Lipinski definition) is 5. The van der Waals surface area contributed by atoms with Crippen LogP contribution in [-0.4, -0.2) is 53.9 Å². The largest absolute Gasteiger partial charge is 0.495 e. The molecule has 30 heavy (non-hydrogen) atoms. The highest BCUT2D eigenvalue weighted by Gasteiger charge is 2.39. The Morgan fingerprint density at radius 3 is 2.47 bits per heavy atom. The molecule has 1 saturated heterocycles. The van der Waals surface area contributed by atoms with Crippen LogP contribution in [0.4, 0.5) is 18.9 Å². The lowest BCUT2D eigenvalue weighted by Crippen LogP contribution is -2.49. The third-order valence-corrected chi connectivity index (χ3v) is 5.58. The Kier molecular flexibility index (Phi) is 6.68. The Hall–Kier alpha value is -2.17. The third kappa shape index (κ3) is 4.60. The maximum atomic E-state index is 13.0. The van der Waals surface area contributed by atoms with Crippen molar-refractivity contribution >= 4 is 34.8 Å². The Morgan fingerprint density at radius 1 is 1.23 bits per heavy atom. The van der Waals surface area contributed by atoms with Crippen LogP contribution in [0, 0.1) is 0 Å². The van der Waals surface area contributed by atoms with Gasteiger partial charge in [-0.3, -0.25) is 9.48 Å². The summed E-state index contributed by atoms with van der Waals surface area (Å²) < 4.78 is 45.3. The summed E-state index contributed by atoms with van der Waals surface area (Å²) in [5.41, 5.74) is 5.16. The maximum absolute atomic E-state index is 13.0. The number of methoxy groups -OCH3 is 1. The van der Waals surface area contributed by atoms with Gasteiger partial charge in [-0.05, 0) is 12.1 Å². The summed E-state index contributed by atoms with van der Waals surface area (Å²) in [5.74, 6) is 0.198. The van der Waals surface area contributed by atoms with Gasteiger partial charge in [-0.2, -0.15) is 18.3 Å². The lowest BCUT2D eigenvalue weighted by Gasteiger charge is -2.36. The van der Waals surface area contributed by atoms with E-state index in [-0.39, 0.29) is 24.7 Å². The molecule has 164 valence electrons. The van der Waals surface area contributed by atoms with Gasteiger partial charge in [0.05, 0.1) is 22.8 Å². The highest BCUT2D eigenvalue weighted by Crippen LogP contribution is 2.35. The molecular formula is C18H20Cl2F3N5O2. The minimum Gasteiger partial charge on any atom is -0.495 e. The molecule has 1 aliphatic heterocycles. The number of rotatable bonds is 5. The van der Waals surface area contributed by atoms with Crippen molar-refractivity contribution in [1.82, 2.24) is 14.7 Å². The molecule has 12 heteroatoms. The fourth-order valence-electron chi connectivity index (χ4n) is 3.27. The molecule has 2 N–H and O–H groups in total. The van der Waals surface area contributed by atoms with E-state index in [0.29, 0.717) is 37.0 Å².